The smallest absolute Gasteiger partial charge is 0.0887 e. The number of hydrogen-bond acceptors (Lipinski definition) is 6. The van der Waals surface area contributed by atoms with Gasteiger partial charge in [-0.2, -0.15) is 0 Å². The molecule has 0 fully saturated rings. The molecule has 0 heterocycles. The summed E-state index contributed by atoms with van der Waals surface area (Å²) in [4.78, 5) is 14.3. The van der Waals surface area contributed by atoms with Crippen LogP contribution in [0.3, 0.4) is 0 Å². The Kier molecular flexibility index (Phi) is 29.4. The quantitative estimate of drug-likeness (QED) is 0.0669. The van der Waals surface area contributed by atoms with Crippen molar-refractivity contribution in [2.24, 2.45) is 0 Å². The first kappa shape index (κ1) is 105. The van der Waals surface area contributed by atoms with Gasteiger partial charge in [0, 0.05) is 68.0 Å². The Hall–Kier alpha value is -12.8. The lowest BCUT2D eigenvalue weighted by molar-refractivity contribution is 0.590. The molecule has 0 aliphatic rings. The first-order valence-corrected chi connectivity index (χ1v) is 52.8. The highest BCUT2D eigenvalue weighted by atomic mass is 35.5. The van der Waals surface area contributed by atoms with Gasteiger partial charge in [-0.15, -0.1) is 0 Å². The molecule has 0 aliphatic carbocycles. The van der Waals surface area contributed by atoms with Gasteiger partial charge in [0.05, 0.1) is 60.6 Å². The molecule has 0 radical (unpaired) electrons. The molecule has 9 heteroatoms. The minimum Gasteiger partial charge on any atom is -0.309 e. The molecule has 744 valence electrons. The Labute approximate surface area is 883 Å². The largest absolute Gasteiger partial charge is 0.309 e. The number of benzene rings is 16. The summed E-state index contributed by atoms with van der Waals surface area (Å²) in [5.74, 6) is 0. The van der Waals surface area contributed by atoms with Crippen molar-refractivity contribution in [1.82, 2.24) is 0 Å². The summed E-state index contributed by atoms with van der Waals surface area (Å²) < 4.78 is 0. The van der Waals surface area contributed by atoms with E-state index < -0.39 is 0 Å². The third-order valence-electron chi connectivity index (χ3n) is 28.4. The van der Waals surface area contributed by atoms with Gasteiger partial charge in [-0.3, -0.25) is 0 Å². The number of rotatable bonds is 22. The molecule has 0 aliphatic heterocycles. The summed E-state index contributed by atoms with van der Waals surface area (Å²) in [6.45, 7) is 68.1. The topological polar surface area (TPSA) is 19.4 Å². The highest BCUT2D eigenvalue weighted by molar-refractivity contribution is 6.38. The van der Waals surface area contributed by atoms with Gasteiger partial charge < -0.3 is 29.4 Å². The Morgan fingerprint density at radius 2 is 0.338 bits per heavy atom. The van der Waals surface area contributed by atoms with E-state index in [0.29, 0.717) is 21.5 Å². The molecule has 0 atom stereocenters. The lowest BCUT2D eigenvalue weighted by Crippen LogP contribution is -2.17. The van der Waals surface area contributed by atoms with Crippen LogP contribution in [0.4, 0.5) is 102 Å². The van der Waals surface area contributed by atoms with Gasteiger partial charge in [0.15, 0.2) is 0 Å². The van der Waals surface area contributed by atoms with Crippen LogP contribution in [-0.2, 0) is 55.2 Å². The summed E-state index contributed by atoms with van der Waals surface area (Å²) in [5, 5.41) is 1.78. The molecule has 16 aromatic rings. The van der Waals surface area contributed by atoms with Crippen LogP contribution in [-0.4, -0.2) is 0 Å². The molecule has 0 saturated heterocycles. The van der Waals surface area contributed by atoms with Crippen molar-refractivity contribution in [1.29, 1.82) is 0 Å². The molecule has 0 N–H and O–H groups in total. The summed E-state index contributed by atoms with van der Waals surface area (Å²) in [6, 6.07) is 130. The van der Waals surface area contributed by atoms with Crippen molar-refractivity contribution in [3.8, 4) is 22.3 Å². The van der Waals surface area contributed by atoms with Crippen molar-refractivity contribution in [3.63, 3.8) is 0 Å². The monoisotopic (exact) mass is 1970 g/mol. The fourth-order valence-electron chi connectivity index (χ4n) is 19.7. The first-order chi connectivity index (χ1) is 68.0. The van der Waals surface area contributed by atoms with Crippen molar-refractivity contribution < 1.29 is 0 Å². The van der Waals surface area contributed by atoms with Gasteiger partial charge in [0.2, 0.25) is 0 Å². The molecule has 16 rings (SSSR count). The van der Waals surface area contributed by atoms with Crippen LogP contribution in [0.2, 0.25) is 15.1 Å². The number of halogens is 3. The number of hydrogen-bond donors (Lipinski definition) is 0. The van der Waals surface area contributed by atoms with Crippen molar-refractivity contribution >= 4 is 137 Å². The Bertz CT molecular complexity index is 6840. The van der Waals surface area contributed by atoms with Crippen LogP contribution in [0.25, 0.3) is 22.3 Å². The van der Waals surface area contributed by atoms with Crippen LogP contribution >= 0.6 is 34.8 Å². The second-order valence-electron chi connectivity index (χ2n) is 49.3. The van der Waals surface area contributed by atoms with E-state index in [1.54, 1.807) is 0 Å². The van der Waals surface area contributed by atoms with Gasteiger partial charge >= 0.3 is 0 Å². The maximum Gasteiger partial charge on any atom is 0.0887 e. The van der Waals surface area contributed by atoms with E-state index in [9.17, 15) is 0 Å². The fraction of sp³-hybridized carbons (Fsp3) is 0.294. The van der Waals surface area contributed by atoms with Gasteiger partial charge in [-0.05, 0) is 335 Å². The zero-order valence-electron chi connectivity index (χ0n) is 91.4. The third-order valence-corrected chi connectivity index (χ3v) is 29.6. The predicted molar refractivity (Wildman–Crippen MR) is 632 cm³/mol. The highest BCUT2D eigenvalue weighted by Gasteiger charge is 2.34. The minimum absolute atomic E-state index is 0.0694. The third kappa shape index (κ3) is 23.1. The van der Waals surface area contributed by atoms with E-state index in [1.807, 2.05) is 0 Å². The van der Waals surface area contributed by atoms with E-state index in [2.05, 4.69) is 583 Å². The Morgan fingerprint density at radius 1 is 0.172 bits per heavy atom. The SMILES string of the molecule is Cc1cc(N(c2ccc(C(C)(C)C)cc2)c2ccc(C(C)(C)C)cc2)c(Cl)c(N(c2ccc(C(C)(C)C)cc2)c2ccccc2Cc2cc(-c3ccccc3N(c3ccc(C(C)(C)C)cc3)c3cc(C)cc(N(c4ccc(C(C)(C)C)cc4)c4ccc(C(C)(C)C)cc4)c3Cl)cc(-c3ccccc3N(c3ccc(C(C)(C)C)cc3)c3cc(C)cc(N(c4ccc(C(C)(C)C)cc4)c4ccc(C(C)(C)C)cc4)c3Cl)c2)c1. The zero-order valence-corrected chi connectivity index (χ0v) is 93.7. The normalized spacial score (nSPS) is 12.5. The standard InChI is InChI=1S/C136H149Cl3N6/c1-89-79-119(140(105-61-43-96(44-62-105)128(4,5)6)106-63-45-97(46-64-106)129(7,8)9)125(137)122(82-89)143(111-73-55-102(56-74-111)134(22,23)24)116-40-34-31-37-93(116)85-92-86-94(114-38-32-35-41-117(114)144(112-75-57-103(58-76-112)135(25,26)27)123-83-90(2)80-120(126(123)138)141(107-65-47-98(48-66-107)130(10,11)12)108-67-49-99(50-68-108)131(13,14)15)88-95(87-92)115-39-33-36-42-118(115)145(113-77-59-104(60-78-113)136(28,29)30)124-84-91(3)81-121(127(124)139)142(109-69-51-100(52-70-109)132(16,17)18)110-71-53-101(54-72-110)133(19,20)21/h31-84,86-88H,85H2,1-30H3. The number of nitrogens with zero attached hydrogens (tertiary/aromatic N) is 6. The molecular weight excluding hydrogens is 1820 g/mol. The summed E-state index contributed by atoms with van der Waals surface area (Å²) in [5.41, 5.74) is 36.2. The van der Waals surface area contributed by atoms with E-state index in [1.165, 1.54) is 50.1 Å². The second kappa shape index (κ2) is 40.5. The van der Waals surface area contributed by atoms with Crippen LogP contribution < -0.4 is 29.4 Å². The Balaban J connectivity index is 0.963. The molecular formula is C136H149Cl3N6. The first-order valence-electron chi connectivity index (χ1n) is 51.6. The van der Waals surface area contributed by atoms with Gasteiger partial charge in [0.25, 0.3) is 0 Å². The molecule has 0 amide bonds. The van der Waals surface area contributed by atoms with Crippen molar-refractivity contribution in [2.75, 3.05) is 29.4 Å². The lowest BCUT2D eigenvalue weighted by atomic mass is 9.86. The average Bonchev–Trinajstić information content (AvgIpc) is 0.738. The van der Waals surface area contributed by atoms with E-state index in [4.69, 9.17) is 34.8 Å². The van der Waals surface area contributed by atoms with Gasteiger partial charge in [0.1, 0.15) is 0 Å². The molecule has 0 saturated carbocycles. The van der Waals surface area contributed by atoms with E-state index in [0.717, 1.165) is 152 Å². The molecule has 145 heavy (non-hydrogen) atoms. The fourth-order valence-corrected chi connectivity index (χ4v) is 20.5. The Morgan fingerprint density at radius 3 is 0.538 bits per heavy atom. The number of anilines is 18. The summed E-state index contributed by atoms with van der Waals surface area (Å²) in [7, 11) is 0. The maximum atomic E-state index is 8.61. The van der Waals surface area contributed by atoms with E-state index >= 15 is 0 Å². The highest BCUT2D eigenvalue weighted by Crippen LogP contribution is 2.57. The molecule has 6 nitrogen and oxygen atoms in total. The average molecular weight is 1970 g/mol. The van der Waals surface area contributed by atoms with Crippen molar-refractivity contribution in [3.05, 3.63) is 439 Å². The number of aryl methyl sites for hydroxylation is 3. The lowest BCUT2D eigenvalue weighted by Gasteiger charge is -2.34. The van der Waals surface area contributed by atoms with E-state index in [-0.39, 0.29) is 48.7 Å². The molecule has 0 aromatic heterocycles. The molecule has 16 aromatic carbocycles. The van der Waals surface area contributed by atoms with Gasteiger partial charge in [-0.25, -0.2) is 0 Å². The van der Waals surface area contributed by atoms with Crippen molar-refractivity contribution in [2.45, 2.75) is 263 Å². The summed E-state index contributed by atoms with van der Waals surface area (Å²) >= 11 is 25.8. The molecule has 0 unspecified atom stereocenters. The van der Waals surface area contributed by atoms with Crippen LogP contribution in [0.15, 0.2) is 346 Å². The molecule has 0 spiro atoms. The number of para-hydroxylation sites is 3. The second-order valence-corrected chi connectivity index (χ2v) is 50.4. The van der Waals surface area contributed by atoms with Crippen LogP contribution in [0, 0.1) is 20.8 Å². The van der Waals surface area contributed by atoms with Crippen LogP contribution in [0.1, 0.15) is 265 Å². The molecule has 0 bridgehead atoms. The van der Waals surface area contributed by atoms with Crippen LogP contribution in [0.5, 0.6) is 0 Å². The predicted octanol–water partition coefficient (Wildman–Crippen LogP) is 42.0. The zero-order chi connectivity index (χ0) is 104. The van der Waals surface area contributed by atoms with Gasteiger partial charge in [-0.1, -0.05) is 398 Å². The summed E-state index contributed by atoms with van der Waals surface area (Å²) in [6.07, 6.45) is 0.475. The maximum absolute atomic E-state index is 8.61. The minimum atomic E-state index is -0.146.